The van der Waals surface area contributed by atoms with Crippen LogP contribution in [0.1, 0.15) is 43.0 Å². The normalized spacial score (nSPS) is 20.0. The zero-order valence-electron chi connectivity index (χ0n) is 15.5. The van der Waals surface area contributed by atoms with Crippen molar-refractivity contribution in [1.29, 1.82) is 0 Å². The van der Waals surface area contributed by atoms with E-state index in [1.807, 2.05) is 42.2 Å². The van der Waals surface area contributed by atoms with Crippen molar-refractivity contribution < 1.29 is 9.90 Å². The monoisotopic (exact) mass is 369 g/mol. The van der Waals surface area contributed by atoms with Crippen LogP contribution in [-0.4, -0.2) is 40.9 Å². The molecule has 2 aromatic rings. The van der Waals surface area contributed by atoms with E-state index in [9.17, 15) is 9.90 Å². The number of likely N-dealkylation sites (N-methyl/N-ethyl adjacent to an activating group) is 1. The molecule has 26 heavy (non-hydrogen) atoms. The molecule has 1 fully saturated rings. The fraction of sp³-hybridized carbons (Fsp3) is 0.409. The summed E-state index contributed by atoms with van der Waals surface area (Å²) >= 11 is 1.71. The van der Waals surface area contributed by atoms with Crippen molar-refractivity contribution in [3.63, 3.8) is 0 Å². The number of benzene rings is 2. The zero-order valence-corrected chi connectivity index (χ0v) is 16.3. The maximum Gasteiger partial charge on any atom is 0.254 e. The maximum atomic E-state index is 13.2. The first-order valence-electron chi connectivity index (χ1n) is 9.38. The Kier molecular flexibility index (Phi) is 6.38. The van der Waals surface area contributed by atoms with Gasteiger partial charge in [-0.05, 0) is 55.3 Å². The van der Waals surface area contributed by atoms with E-state index in [1.165, 1.54) is 4.90 Å². The molecule has 3 nitrogen and oxygen atoms in total. The van der Waals surface area contributed by atoms with Crippen LogP contribution in [0.5, 0.6) is 0 Å². The molecule has 0 bridgehead atoms. The minimum Gasteiger partial charge on any atom is -0.391 e. The van der Waals surface area contributed by atoms with Gasteiger partial charge in [0.2, 0.25) is 0 Å². The largest absolute Gasteiger partial charge is 0.391 e. The third-order valence-corrected chi connectivity index (χ3v) is 6.02. The minimum atomic E-state index is -0.409. The molecule has 1 saturated carbocycles. The van der Waals surface area contributed by atoms with Gasteiger partial charge in [0.15, 0.2) is 0 Å². The predicted octanol–water partition coefficient (Wildman–Crippen LogP) is 4.84. The van der Waals surface area contributed by atoms with Crippen LogP contribution in [0, 0.1) is 0 Å². The summed E-state index contributed by atoms with van der Waals surface area (Å²) in [6.07, 6.45) is 5.45. The third kappa shape index (κ3) is 3.97. The fourth-order valence-electron chi connectivity index (χ4n) is 3.85. The Hall–Kier alpha value is -1.78. The number of thioether (sulfide) groups is 1. The summed E-state index contributed by atoms with van der Waals surface area (Å²) in [6.45, 7) is 2.61. The summed E-state index contributed by atoms with van der Waals surface area (Å²) in [5.41, 5.74) is 2.90. The number of carbonyl (C=O) groups excluding carboxylic acids is 1. The van der Waals surface area contributed by atoms with Gasteiger partial charge in [0.05, 0.1) is 12.1 Å². The summed E-state index contributed by atoms with van der Waals surface area (Å²) in [5.74, 6) is 0.0157. The highest BCUT2D eigenvalue weighted by Gasteiger charge is 2.31. The highest BCUT2D eigenvalue weighted by atomic mass is 32.2. The van der Waals surface area contributed by atoms with E-state index in [0.717, 1.165) is 36.8 Å². The molecule has 0 radical (unpaired) electrons. The van der Waals surface area contributed by atoms with Crippen molar-refractivity contribution in [1.82, 2.24) is 4.90 Å². The number of amides is 1. The molecule has 4 heteroatoms. The topological polar surface area (TPSA) is 40.5 Å². The second-order valence-corrected chi connectivity index (χ2v) is 7.64. The van der Waals surface area contributed by atoms with Crippen molar-refractivity contribution in [2.75, 3.05) is 12.8 Å². The molecule has 138 valence electrons. The van der Waals surface area contributed by atoms with Crippen molar-refractivity contribution in [3.05, 3.63) is 54.1 Å². The number of hydrogen-bond acceptors (Lipinski definition) is 3. The highest BCUT2D eigenvalue weighted by molar-refractivity contribution is 7.98. The average molecular weight is 370 g/mol. The van der Waals surface area contributed by atoms with Gasteiger partial charge in [0, 0.05) is 17.0 Å². The number of aliphatic hydroxyl groups excluding tert-OH is 1. The lowest BCUT2D eigenvalue weighted by Crippen LogP contribution is -2.48. The lowest BCUT2D eigenvalue weighted by atomic mass is 9.91. The fourth-order valence-corrected chi connectivity index (χ4v) is 4.47. The van der Waals surface area contributed by atoms with Crippen LogP contribution in [0.15, 0.2) is 53.4 Å². The van der Waals surface area contributed by atoms with Crippen molar-refractivity contribution in [2.45, 2.75) is 49.6 Å². The van der Waals surface area contributed by atoms with Crippen molar-refractivity contribution in [3.8, 4) is 11.1 Å². The molecule has 0 aliphatic heterocycles. The standard InChI is InChI=1S/C22H27NO2S/c1-3-23(19-12-5-6-13-20(19)24)22(25)17-10-8-9-16(15-17)18-11-4-7-14-21(18)26-2/h4,7-11,14-15,19-20,24H,3,5-6,12-13H2,1-2H3/t19-,20-/m1/s1. The molecule has 3 rings (SSSR count). The predicted molar refractivity (Wildman–Crippen MR) is 109 cm³/mol. The Morgan fingerprint density at radius 2 is 1.92 bits per heavy atom. The molecule has 0 unspecified atom stereocenters. The SMILES string of the molecule is CCN(C(=O)c1cccc(-c2ccccc2SC)c1)[C@@H]1CCCC[C@H]1O. The van der Waals surface area contributed by atoms with Gasteiger partial charge < -0.3 is 10.0 Å². The van der Waals surface area contributed by atoms with Gasteiger partial charge in [0.1, 0.15) is 0 Å². The summed E-state index contributed by atoms with van der Waals surface area (Å²) < 4.78 is 0. The van der Waals surface area contributed by atoms with Crippen LogP contribution in [-0.2, 0) is 0 Å². The van der Waals surface area contributed by atoms with Crippen LogP contribution in [0.25, 0.3) is 11.1 Å². The molecular weight excluding hydrogens is 342 g/mol. The Labute approximate surface area is 160 Å². The second kappa shape index (κ2) is 8.74. The average Bonchev–Trinajstić information content (AvgIpc) is 2.70. The summed E-state index contributed by atoms with van der Waals surface area (Å²) in [4.78, 5) is 16.2. The highest BCUT2D eigenvalue weighted by Crippen LogP contribution is 2.31. The van der Waals surface area contributed by atoms with Gasteiger partial charge in [-0.1, -0.05) is 43.2 Å². The van der Waals surface area contributed by atoms with Gasteiger partial charge in [-0.2, -0.15) is 0 Å². The number of carbonyl (C=O) groups is 1. The molecule has 2 atom stereocenters. The maximum absolute atomic E-state index is 13.2. The summed E-state index contributed by atoms with van der Waals surface area (Å²) in [5, 5.41) is 10.4. The van der Waals surface area contributed by atoms with Crippen molar-refractivity contribution >= 4 is 17.7 Å². The Bertz CT molecular complexity index is 761. The van der Waals surface area contributed by atoms with E-state index in [-0.39, 0.29) is 11.9 Å². The number of hydrogen-bond donors (Lipinski definition) is 1. The Balaban J connectivity index is 1.90. The van der Waals surface area contributed by atoms with Gasteiger partial charge in [0.25, 0.3) is 5.91 Å². The lowest BCUT2D eigenvalue weighted by molar-refractivity contribution is 0.0196. The lowest BCUT2D eigenvalue weighted by Gasteiger charge is -2.37. The molecule has 0 heterocycles. The van der Waals surface area contributed by atoms with Crippen LogP contribution in [0.3, 0.4) is 0 Å². The zero-order chi connectivity index (χ0) is 18.5. The summed E-state index contributed by atoms with van der Waals surface area (Å²) in [7, 11) is 0. The molecule has 1 aliphatic carbocycles. The molecule has 1 aliphatic rings. The molecule has 0 aromatic heterocycles. The van der Waals surface area contributed by atoms with E-state index in [1.54, 1.807) is 11.8 Å². The van der Waals surface area contributed by atoms with Crippen LogP contribution in [0.2, 0.25) is 0 Å². The number of rotatable bonds is 5. The summed E-state index contributed by atoms with van der Waals surface area (Å²) in [6, 6.07) is 16.1. The molecule has 0 saturated heterocycles. The Morgan fingerprint density at radius 1 is 1.15 bits per heavy atom. The first-order valence-corrected chi connectivity index (χ1v) is 10.6. The van der Waals surface area contributed by atoms with Gasteiger partial charge in [-0.3, -0.25) is 4.79 Å². The van der Waals surface area contributed by atoms with E-state index in [4.69, 9.17) is 0 Å². The third-order valence-electron chi connectivity index (χ3n) is 5.22. The van der Waals surface area contributed by atoms with Gasteiger partial charge >= 0.3 is 0 Å². The minimum absolute atomic E-state index is 0.0157. The molecule has 1 amide bonds. The first-order chi connectivity index (χ1) is 12.7. The van der Waals surface area contributed by atoms with Crippen molar-refractivity contribution in [2.24, 2.45) is 0 Å². The number of aliphatic hydroxyl groups is 1. The van der Waals surface area contributed by atoms with Crippen LogP contribution in [0.4, 0.5) is 0 Å². The Morgan fingerprint density at radius 3 is 2.65 bits per heavy atom. The quantitative estimate of drug-likeness (QED) is 0.767. The number of nitrogens with zero attached hydrogens (tertiary/aromatic N) is 1. The first kappa shape index (κ1) is 19.0. The molecule has 2 aromatic carbocycles. The van der Waals surface area contributed by atoms with Crippen LogP contribution < -0.4 is 0 Å². The van der Waals surface area contributed by atoms with Gasteiger partial charge in [-0.15, -0.1) is 11.8 Å². The second-order valence-electron chi connectivity index (χ2n) is 6.79. The van der Waals surface area contributed by atoms with E-state index in [2.05, 4.69) is 24.5 Å². The van der Waals surface area contributed by atoms with E-state index in [0.29, 0.717) is 12.1 Å². The smallest absolute Gasteiger partial charge is 0.254 e. The molecular formula is C22H27NO2S. The van der Waals surface area contributed by atoms with Crippen LogP contribution >= 0.6 is 11.8 Å². The van der Waals surface area contributed by atoms with E-state index < -0.39 is 6.10 Å². The van der Waals surface area contributed by atoms with Gasteiger partial charge in [-0.25, -0.2) is 0 Å². The van der Waals surface area contributed by atoms with E-state index >= 15 is 0 Å². The molecule has 0 spiro atoms. The molecule has 1 N–H and O–H groups in total.